The number of carbonyl (C=O) groups is 1. The van der Waals surface area contributed by atoms with Gasteiger partial charge in [-0.1, -0.05) is 0 Å². The second-order valence-corrected chi connectivity index (χ2v) is 6.25. The van der Waals surface area contributed by atoms with Crippen molar-refractivity contribution in [2.45, 2.75) is 0 Å². The largest absolute Gasteiger partial charge is 0.336 e. The first kappa shape index (κ1) is 11.3. The molecule has 0 N–H and O–H groups in total. The monoisotopic (exact) mass is 277 g/mol. The van der Waals surface area contributed by atoms with Gasteiger partial charge in [0.15, 0.2) is 5.01 Å². The molecule has 19 heavy (non-hydrogen) atoms. The van der Waals surface area contributed by atoms with Crippen LogP contribution in [0.1, 0.15) is 9.80 Å². The molecule has 2 aromatic rings. The molecular weight excluding hydrogens is 265 g/mol. The number of carbonyl (C=O) groups excluding carboxylic acids is 1. The van der Waals surface area contributed by atoms with Crippen molar-refractivity contribution in [2.24, 2.45) is 17.8 Å². The number of fused-ring (bicyclic) bond motifs is 2. The number of pyridine rings is 1. The van der Waals surface area contributed by atoms with E-state index in [0.717, 1.165) is 10.2 Å². The normalized spacial score (nSPS) is 28.7. The summed E-state index contributed by atoms with van der Waals surface area (Å²) in [5, 5.41) is 0.515. The summed E-state index contributed by atoms with van der Waals surface area (Å²) < 4.78 is 13.5. The van der Waals surface area contributed by atoms with Gasteiger partial charge in [-0.2, -0.15) is 0 Å². The molecule has 1 saturated carbocycles. The van der Waals surface area contributed by atoms with Crippen LogP contribution >= 0.6 is 11.3 Å². The fourth-order valence-corrected chi connectivity index (χ4v) is 3.95. The van der Waals surface area contributed by atoms with Gasteiger partial charge < -0.3 is 4.90 Å². The lowest BCUT2D eigenvalue weighted by Crippen LogP contribution is -2.31. The quantitative estimate of drug-likeness (QED) is 0.843. The van der Waals surface area contributed by atoms with E-state index >= 15 is 0 Å². The van der Waals surface area contributed by atoms with Crippen LogP contribution in [0.15, 0.2) is 18.5 Å². The van der Waals surface area contributed by atoms with E-state index in [0.29, 0.717) is 29.9 Å². The Morgan fingerprint density at radius 2 is 2.26 bits per heavy atom. The molecule has 3 atom stereocenters. The Morgan fingerprint density at radius 1 is 1.47 bits per heavy atom. The Labute approximate surface area is 113 Å². The third-order valence-electron chi connectivity index (χ3n) is 4.21. The lowest BCUT2D eigenvalue weighted by molar-refractivity contribution is 0.0765. The highest BCUT2D eigenvalue weighted by Crippen LogP contribution is 2.52. The third-order valence-corrected chi connectivity index (χ3v) is 5.23. The van der Waals surface area contributed by atoms with Gasteiger partial charge in [-0.15, -0.1) is 11.3 Å². The summed E-state index contributed by atoms with van der Waals surface area (Å²) in [7, 11) is 0. The van der Waals surface area contributed by atoms with Gasteiger partial charge in [0.2, 0.25) is 0 Å². The number of hydrogen-bond acceptors (Lipinski definition) is 4. The molecule has 0 spiro atoms. The van der Waals surface area contributed by atoms with Crippen molar-refractivity contribution >= 4 is 27.5 Å². The topological polar surface area (TPSA) is 46.1 Å². The van der Waals surface area contributed by atoms with E-state index in [-0.39, 0.29) is 18.5 Å². The molecule has 2 fully saturated rings. The predicted molar refractivity (Wildman–Crippen MR) is 69.8 cm³/mol. The van der Waals surface area contributed by atoms with Crippen molar-refractivity contribution in [2.75, 3.05) is 19.8 Å². The Kier molecular flexibility index (Phi) is 2.35. The first-order valence-corrected chi connectivity index (χ1v) is 7.15. The van der Waals surface area contributed by atoms with E-state index in [2.05, 4.69) is 9.97 Å². The van der Waals surface area contributed by atoms with Crippen molar-refractivity contribution in [3.8, 4) is 0 Å². The number of piperidine rings is 1. The average Bonchev–Trinajstić information content (AvgIpc) is 2.84. The Balaban J connectivity index is 1.55. The van der Waals surface area contributed by atoms with Crippen LogP contribution in [0.25, 0.3) is 10.2 Å². The Hall–Kier alpha value is -1.56. The van der Waals surface area contributed by atoms with E-state index in [1.54, 1.807) is 12.4 Å². The van der Waals surface area contributed by atoms with Gasteiger partial charge in [0.25, 0.3) is 5.91 Å². The molecule has 2 aromatic heterocycles. The van der Waals surface area contributed by atoms with Crippen molar-refractivity contribution in [3.05, 3.63) is 23.5 Å². The first-order valence-electron chi connectivity index (χ1n) is 6.33. The van der Waals surface area contributed by atoms with Gasteiger partial charge in [0, 0.05) is 19.3 Å². The zero-order chi connectivity index (χ0) is 13.0. The van der Waals surface area contributed by atoms with Gasteiger partial charge in [-0.05, 0) is 23.8 Å². The lowest BCUT2D eigenvalue weighted by Gasteiger charge is -2.17. The molecule has 1 aliphatic heterocycles. The summed E-state index contributed by atoms with van der Waals surface area (Å²) in [6.45, 7) is 1.13. The molecule has 1 aliphatic carbocycles. The van der Waals surface area contributed by atoms with E-state index in [1.807, 2.05) is 11.0 Å². The highest BCUT2D eigenvalue weighted by molar-refractivity contribution is 7.20. The van der Waals surface area contributed by atoms with Crippen LogP contribution in [0.5, 0.6) is 0 Å². The van der Waals surface area contributed by atoms with E-state index in [9.17, 15) is 9.18 Å². The number of aromatic nitrogens is 2. The fraction of sp³-hybridized carbons (Fsp3) is 0.462. The van der Waals surface area contributed by atoms with Crippen LogP contribution in [0, 0.1) is 17.8 Å². The highest BCUT2D eigenvalue weighted by Gasteiger charge is 2.56. The van der Waals surface area contributed by atoms with Crippen LogP contribution in [0.3, 0.4) is 0 Å². The SMILES string of the molecule is O=C(c1nc2cnccc2s1)N1C[C@@H]2C(CF)[C@@H]2C1. The zero-order valence-electron chi connectivity index (χ0n) is 10.1. The maximum atomic E-state index is 12.6. The minimum atomic E-state index is -0.246. The average molecular weight is 277 g/mol. The maximum absolute atomic E-state index is 12.6. The maximum Gasteiger partial charge on any atom is 0.282 e. The predicted octanol–water partition coefficient (Wildman–Crippen LogP) is 1.98. The number of thiazole rings is 1. The van der Waals surface area contributed by atoms with Gasteiger partial charge in [0.05, 0.1) is 17.6 Å². The molecule has 0 aromatic carbocycles. The van der Waals surface area contributed by atoms with E-state index in [4.69, 9.17) is 0 Å². The molecule has 1 amide bonds. The van der Waals surface area contributed by atoms with Crippen LogP contribution in [0.4, 0.5) is 4.39 Å². The molecule has 1 unspecified atom stereocenters. The number of nitrogens with zero attached hydrogens (tertiary/aromatic N) is 3. The first-order chi connectivity index (χ1) is 9.28. The summed E-state index contributed by atoms with van der Waals surface area (Å²) >= 11 is 1.40. The molecule has 6 heteroatoms. The number of hydrogen-bond donors (Lipinski definition) is 0. The minimum absolute atomic E-state index is 0.0222. The van der Waals surface area contributed by atoms with E-state index in [1.165, 1.54) is 11.3 Å². The van der Waals surface area contributed by atoms with Gasteiger partial charge in [0.1, 0.15) is 5.52 Å². The number of alkyl halides is 1. The lowest BCUT2D eigenvalue weighted by atomic mass is 10.3. The molecule has 0 bridgehead atoms. The molecule has 98 valence electrons. The summed E-state index contributed by atoms with van der Waals surface area (Å²) in [5.74, 6) is 0.935. The summed E-state index contributed by atoms with van der Waals surface area (Å²) in [6.07, 6.45) is 3.37. The van der Waals surface area contributed by atoms with Crippen molar-refractivity contribution in [1.82, 2.24) is 14.9 Å². The number of likely N-dealkylation sites (tertiary alicyclic amines) is 1. The number of rotatable bonds is 2. The smallest absolute Gasteiger partial charge is 0.282 e. The standard InChI is InChI=1S/C13H12FN3OS/c14-3-7-8-5-17(6-9(7)8)13(18)12-16-10-4-15-2-1-11(10)19-12/h1-2,4,7-9H,3,5-6H2/t7?,8-,9+. The van der Waals surface area contributed by atoms with Gasteiger partial charge >= 0.3 is 0 Å². The minimum Gasteiger partial charge on any atom is -0.336 e. The number of halogens is 1. The number of amides is 1. The molecule has 0 radical (unpaired) electrons. The second kappa shape index (κ2) is 3.96. The third kappa shape index (κ3) is 1.66. The van der Waals surface area contributed by atoms with Crippen LogP contribution in [-0.4, -0.2) is 40.5 Å². The van der Waals surface area contributed by atoms with Crippen molar-refractivity contribution in [3.63, 3.8) is 0 Å². The molecule has 4 rings (SSSR count). The Bertz CT molecular complexity index is 613. The summed E-state index contributed by atoms with van der Waals surface area (Å²) in [4.78, 5) is 22.5. The summed E-state index contributed by atoms with van der Waals surface area (Å²) in [6, 6.07) is 1.87. The molecular formula is C13H12FN3OS. The van der Waals surface area contributed by atoms with Crippen LogP contribution in [0.2, 0.25) is 0 Å². The van der Waals surface area contributed by atoms with E-state index < -0.39 is 0 Å². The molecule has 3 heterocycles. The van der Waals surface area contributed by atoms with Crippen molar-refractivity contribution in [1.29, 1.82) is 0 Å². The molecule has 4 nitrogen and oxygen atoms in total. The van der Waals surface area contributed by atoms with Crippen molar-refractivity contribution < 1.29 is 9.18 Å². The summed E-state index contributed by atoms with van der Waals surface area (Å²) in [5.41, 5.74) is 0.766. The Morgan fingerprint density at radius 3 is 2.95 bits per heavy atom. The van der Waals surface area contributed by atoms with Crippen LogP contribution < -0.4 is 0 Å². The highest BCUT2D eigenvalue weighted by atomic mass is 32.1. The zero-order valence-corrected chi connectivity index (χ0v) is 10.9. The van der Waals surface area contributed by atoms with Crippen LogP contribution in [-0.2, 0) is 0 Å². The molecule has 1 saturated heterocycles. The van der Waals surface area contributed by atoms with Gasteiger partial charge in [-0.25, -0.2) is 4.98 Å². The fourth-order valence-electron chi connectivity index (χ4n) is 3.05. The second-order valence-electron chi connectivity index (χ2n) is 5.22. The molecule has 2 aliphatic rings. The van der Waals surface area contributed by atoms with Gasteiger partial charge in [-0.3, -0.25) is 14.2 Å².